The zero-order valence-corrected chi connectivity index (χ0v) is 15.0. The van der Waals surface area contributed by atoms with Gasteiger partial charge in [-0.25, -0.2) is 4.79 Å². The van der Waals surface area contributed by atoms with Crippen molar-refractivity contribution in [2.45, 2.75) is 59.1 Å². The van der Waals surface area contributed by atoms with Gasteiger partial charge in [0.25, 0.3) is 0 Å². The lowest BCUT2D eigenvalue weighted by molar-refractivity contribution is 0.0236. The number of carbonyl (C=O) groups is 1. The molecule has 0 unspecified atom stereocenters. The highest BCUT2D eigenvalue weighted by Crippen LogP contribution is 2.22. The first kappa shape index (κ1) is 17.4. The number of ether oxygens (including phenoxy) is 1. The summed E-state index contributed by atoms with van der Waals surface area (Å²) in [6.07, 6.45) is 1.38. The summed E-state index contributed by atoms with van der Waals surface area (Å²) < 4.78 is 11.2. The molecule has 1 aromatic carbocycles. The average Bonchev–Trinajstić information content (AvgIpc) is 2.86. The molecule has 0 saturated heterocycles. The standard InChI is InChI=1S/C19H27NO3/c1-7-16-12-15-11-14(8-9-17(15)22-16)10-13(2)20(6)18(21)23-19(3,4)5/h8-9,11-13H,7,10H2,1-6H3/t13-/m0/s1. The molecule has 0 radical (unpaired) electrons. The van der Waals surface area contributed by atoms with Gasteiger partial charge in [-0.3, -0.25) is 0 Å². The number of fused-ring (bicyclic) bond motifs is 1. The van der Waals surface area contributed by atoms with Crippen LogP contribution in [0.5, 0.6) is 0 Å². The summed E-state index contributed by atoms with van der Waals surface area (Å²) in [5.74, 6) is 0.996. The molecule has 1 heterocycles. The Balaban J connectivity index is 2.07. The van der Waals surface area contributed by atoms with E-state index in [2.05, 4.69) is 25.1 Å². The van der Waals surface area contributed by atoms with Crippen molar-refractivity contribution in [3.05, 3.63) is 35.6 Å². The van der Waals surface area contributed by atoms with Crippen LogP contribution in [0.4, 0.5) is 4.79 Å². The molecule has 2 aromatic rings. The van der Waals surface area contributed by atoms with Crippen LogP contribution in [0, 0.1) is 0 Å². The third-order valence-corrected chi connectivity index (χ3v) is 3.85. The SMILES string of the molecule is CCc1cc2cc(C[C@H](C)N(C)C(=O)OC(C)(C)C)ccc2o1. The van der Waals surface area contributed by atoms with Crippen LogP contribution < -0.4 is 0 Å². The fourth-order valence-electron chi connectivity index (χ4n) is 2.44. The van der Waals surface area contributed by atoms with Crippen molar-refractivity contribution >= 4 is 17.1 Å². The molecule has 0 aliphatic heterocycles. The Kier molecular flexibility index (Phi) is 5.03. The number of amides is 1. The molecule has 126 valence electrons. The number of hydrogen-bond donors (Lipinski definition) is 0. The van der Waals surface area contributed by atoms with Crippen LogP contribution in [0.3, 0.4) is 0 Å². The second-order valence-corrected chi connectivity index (χ2v) is 7.08. The second kappa shape index (κ2) is 6.65. The van der Waals surface area contributed by atoms with E-state index in [1.165, 1.54) is 5.56 Å². The quantitative estimate of drug-likeness (QED) is 0.814. The summed E-state index contributed by atoms with van der Waals surface area (Å²) in [5, 5.41) is 1.12. The zero-order chi connectivity index (χ0) is 17.2. The molecule has 0 spiro atoms. The van der Waals surface area contributed by atoms with Crippen molar-refractivity contribution < 1.29 is 13.9 Å². The Bertz CT molecular complexity index is 681. The highest BCUT2D eigenvalue weighted by Gasteiger charge is 2.23. The molecule has 0 N–H and O–H groups in total. The summed E-state index contributed by atoms with van der Waals surface area (Å²) in [6, 6.07) is 8.34. The highest BCUT2D eigenvalue weighted by atomic mass is 16.6. The van der Waals surface area contributed by atoms with Gasteiger partial charge < -0.3 is 14.1 Å². The van der Waals surface area contributed by atoms with E-state index in [1.54, 1.807) is 11.9 Å². The first-order valence-corrected chi connectivity index (χ1v) is 8.16. The molecule has 1 atom stereocenters. The molecule has 0 bridgehead atoms. The monoisotopic (exact) mass is 317 g/mol. The molecule has 2 rings (SSSR count). The first-order chi connectivity index (χ1) is 10.7. The van der Waals surface area contributed by atoms with E-state index in [0.29, 0.717) is 0 Å². The largest absolute Gasteiger partial charge is 0.461 e. The van der Waals surface area contributed by atoms with Gasteiger partial charge in [0.05, 0.1) is 0 Å². The number of furan rings is 1. The van der Waals surface area contributed by atoms with E-state index in [-0.39, 0.29) is 12.1 Å². The van der Waals surface area contributed by atoms with Crippen LogP contribution in [0.1, 0.15) is 45.9 Å². The van der Waals surface area contributed by atoms with E-state index in [4.69, 9.17) is 9.15 Å². The lowest BCUT2D eigenvalue weighted by atomic mass is 10.0. The Morgan fingerprint density at radius 2 is 2.00 bits per heavy atom. The molecule has 0 fully saturated rings. The van der Waals surface area contributed by atoms with Crippen LogP contribution in [0.2, 0.25) is 0 Å². The number of hydrogen-bond acceptors (Lipinski definition) is 3. The van der Waals surface area contributed by atoms with Crippen molar-refractivity contribution in [2.24, 2.45) is 0 Å². The number of aryl methyl sites for hydroxylation is 1. The highest BCUT2D eigenvalue weighted by molar-refractivity contribution is 5.78. The Hall–Kier alpha value is -1.97. The minimum Gasteiger partial charge on any atom is -0.461 e. The number of benzene rings is 1. The van der Waals surface area contributed by atoms with E-state index in [1.807, 2.05) is 33.8 Å². The smallest absolute Gasteiger partial charge is 0.410 e. The van der Waals surface area contributed by atoms with Crippen molar-refractivity contribution in [1.82, 2.24) is 4.90 Å². The lowest BCUT2D eigenvalue weighted by Gasteiger charge is -2.28. The van der Waals surface area contributed by atoms with E-state index in [0.717, 1.165) is 29.6 Å². The van der Waals surface area contributed by atoms with E-state index >= 15 is 0 Å². The van der Waals surface area contributed by atoms with Gasteiger partial charge in [0.15, 0.2) is 0 Å². The normalized spacial score (nSPS) is 13.1. The van der Waals surface area contributed by atoms with Gasteiger partial charge in [-0.05, 0) is 57.9 Å². The number of likely N-dealkylation sites (N-methyl/N-ethyl adjacent to an activating group) is 1. The number of nitrogens with zero attached hydrogens (tertiary/aromatic N) is 1. The predicted octanol–water partition coefficient (Wildman–Crippen LogP) is 4.79. The van der Waals surface area contributed by atoms with Crippen molar-refractivity contribution in [3.63, 3.8) is 0 Å². The third-order valence-electron chi connectivity index (χ3n) is 3.85. The number of carbonyl (C=O) groups excluding carboxylic acids is 1. The second-order valence-electron chi connectivity index (χ2n) is 7.08. The molecular weight excluding hydrogens is 290 g/mol. The zero-order valence-electron chi connectivity index (χ0n) is 15.0. The van der Waals surface area contributed by atoms with Gasteiger partial charge in [0.2, 0.25) is 0 Å². The summed E-state index contributed by atoms with van der Waals surface area (Å²) in [5.41, 5.74) is 1.62. The maximum atomic E-state index is 12.1. The van der Waals surface area contributed by atoms with Crippen molar-refractivity contribution in [2.75, 3.05) is 7.05 Å². The predicted molar refractivity (Wildman–Crippen MR) is 92.8 cm³/mol. The fraction of sp³-hybridized carbons (Fsp3) is 0.526. The minimum absolute atomic E-state index is 0.0554. The topological polar surface area (TPSA) is 42.7 Å². The Morgan fingerprint density at radius 3 is 2.61 bits per heavy atom. The van der Waals surface area contributed by atoms with Gasteiger partial charge in [-0.2, -0.15) is 0 Å². The molecular formula is C19H27NO3. The molecule has 4 heteroatoms. The van der Waals surface area contributed by atoms with Crippen LogP contribution in [0.15, 0.2) is 28.7 Å². The summed E-state index contributed by atoms with van der Waals surface area (Å²) in [4.78, 5) is 13.8. The molecule has 1 amide bonds. The molecule has 0 aliphatic carbocycles. The summed E-state index contributed by atoms with van der Waals surface area (Å²) >= 11 is 0. The maximum Gasteiger partial charge on any atom is 0.410 e. The van der Waals surface area contributed by atoms with Gasteiger partial charge in [-0.1, -0.05) is 13.0 Å². The third kappa shape index (κ3) is 4.50. The molecule has 23 heavy (non-hydrogen) atoms. The minimum atomic E-state index is -0.475. The van der Waals surface area contributed by atoms with E-state index < -0.39 is 5.60 Å². The van der Waals surface area contributed by atoms with Crippen molar-refractivity contribution in [3.8, 4) is 0 Å². The van der Waals surface area contributed by atoms with Crippen LogP contribution in [0.25, 0.3) is 11.0 Å². The molecule has 4 nitrogen and oxygen atoms in total. The summed E-state index contributed by atoms with van der Waals surface area (Å²) in [7, 11) is 1.78. The maximum absolute atomic E-state index is 12.1. The Morgan fingerprint density at radius 1 is 1.30 bits per heavy atom. The van der Waals surface area contributed by atoms with Crippen LogP contribution >= 0.6 is 0 Å². The first-order valence-electron chi connectivity index (χ1n) is 8.16. The molecule has 1 aromatic heterocycles. The van der Waals surface area contributed by atoms with E-state index in [9.17, 15) is 4.79 Å². The summed E-state index contributed by atoms with van der Waals surface area (Å²) in [6.45, 7) is 9.74. The average molecular weight is 317 g/mol. The Labute approximate surface area is 138 Å². The fourth-order valence-corrected chi connectivity index (χ4v) is 2.44. The van der Waals surface area contributed by atoms with Gasteiger partial charge in [-0.15, -0.1) is 0 Å². The molecule has 0 saturated carbocycles. The van der Waals surface area contributed by atoms with Gasteiger partial charge >= 0.3 is 6.09 Å². The van der Waals surface area contributed by atoms with Gasteiger partial charge in [0.1, 0.15) is 16.9 Å². The van der Waals surface area contributed by atoms with Gasteiger partial charge in [0, 0.05) is 24.9 Å². The molecule has 0 aliphatic rings. The number of rotatable bonds is 4. The lowest BCUT2D eigenvalue weighted by Crippen LogP contribution is -2.40. The van der Waals surface area contributed by atoms with Crippen LogP contribution in [-0.4, -0.2) is 29.7 Å². The van der Waals surface area contributed by atoms with Crippen molar-refractivity contribution in [1.29, 1.82) is 0 Å². The van der Waals surface area contributed by atoms with Crippen LogP contribution in [-0.2, 0) is 17.6 Å².